The number of carbonyl (C=O) groups excluding carboxylic acids is 1. The number of hydrogen-bond donors (Lipinski definition) is 0. The molecule has 0 fully saturated rings. The molecule has 122 valence electrons. The second kappa shape index (κ2) is 8.06. The molecule has 0 spiro atoms. The smallest absolute Gasteiger partial charge is 0.258 e. The minimum atomic E-state index is -0.00615. The molecule has 2 aromatic rings. The standard InChI is InChI=1S/C19H23NO2S/c1-14(2)20(13-15-8-6-5-7-9-15)19(21)17-11-10-16(23-4)12-18(17)22-3/h5-12,14H,13H2,1-4H3. The average molecular weight is 329 g/mol. The highest BCUT2D eigenvalue weighted by Crippen LogP contribution is 2.27. The number of hydrogen-bond acceptors (Lipinski definition) is 3. The maximum Gasteiger partial charge on any atom is 0.258 e. The van der Waals surface area contributed by atoms with E-state index in [-0.39, 0.29) is 11.9 Å². The quantitative estimate of drug-likeness (QED) is 0.732. The number of thioether (sulfide) groups is 1. The molecule has 0 heterocycles. The lowest BCUT2D eigenvalue weighted by Gasteiger charge is -2.27. The minimum absolute atomic E-state index is 0.00615. The van der Waals surface area contributed by atoms with Gasteiger partial charge in [-0.1, -0.05) is 30.3 Å². The number of nitrogens with zero attached hydrogens (tertiary/aromatic N) is 1. The Morgan fingerprint density at radius 2 is 1.87 bits per heavy atom. The summed E-state index contributed by atoms with van der Waals surface area (Å²) in [6.07, 6.45) is 2.01. The molecular weight excluding hydrogens is 306 g/mol. The Hall–Kier alpha value is -1.94. The van der Waals surface area contributed by atoms with Crippen molar-refractivity contribution in [2.45, 2.75) is 31.3 Å². The Bertz CT molecular complexity index is 656. The van der Waals surface area contributed by atoms with Crippen LogP contribution in [0.3, 0.4) is 0 Å². The van der Waals surface area contributed by atoms with E-state index in [4.69, 9.17) is 4.74 Å². The number of amides is 1. The number of benzene rings is 2. The van der Waals surface area contributed by atoms with E-state index in [1.807, 2.05) is 73.5 Å². The predicted molar refractivity (Wildman–Crippen MR) is 96.2 cm³/mol. The number of rotatable bonds is 6. The fraction of sp³-hybridized carbons (Fsp3) is 0.316. The number of ether oxygens (including phenoxy) is 1. The summed E-state index contributed by atoms with van der Waals surface area (Å²) < 4.78 is 5.43. The molecule has 23 heavy (non-hydrogen) atoms. The molecule has 0 aromatic heterocycles. The second-order valence-electron chi connectivity index (χ2n) is 5.58. The van der Waals surface area contributed by atoms with E-state index in [1.165, 1.54) is 0 Å². The van der Waals surface area contributed by atoms with Crippen molar-refractivity contribution in [2.75, 3.05) is 13.4 Å². The van der Waals surface area contributed by atoms with Crippen molar-refractivity contribution in [3.05, 3.63) is 59.7 Å². The molecule has 2 rings (SSSR count). The lowest BCUT2D eigenvalue weighted by atomic mass is 10.1. The molecule has 0 saturated heterocycles. The van der Waals surface area contributed by atoms with Crippen LogP contribution in [0.2, 0.25) is 0 Å². The van der Waals surface area contributed by atoms with Gasteiger partial charge in [0.25, 0.3) is 5.91 Å². The third-order valence-corrected chi connectivity index (χ3v) is 4.44. The van der Waals surface area contributed by atoms with E-state index in [9.17, 15) is 4.79 Å². The maximum absolute atomic E-state index is 13.0. The van der Waals surface area contributed by atoms with Crippen LogP contribution in [0.5, 0.6) is 5.75 Å². The van der Waals surface area contributed by atoms with Crippen molar-refractivity contribution in [3.8, 4) is 5.75 Å². The molecule has 0 aliphatic heterocycles. The normalized spacial score (nSPS) is 10.7. The highest BCUT2D eigenvalue weighted by Gasteiger charge is 2.22. The van der Waals surface area contributed by atoms with Crippen molar-refractivity contribution in [1.82, 2.24) is 4.90 Å². The zero-order chi connectivity index (χ0) is 16.8. The van der Waals surface area contributed by atoms with Crippen molar-refractivity contribution in [1.29, 1.82) is 0 Å². The van der Waals surface area contributed by atoms with Crippen LogP contribution in [0.15, 0.2) is 53.4 Å². The van der Waals surface area contributed by atoms with Crippen LogP contribution < -0.4 is 4.74 Å². The highest BCUT2D eigenvalue weighted by atomic mass is 32.2. The van der Waals surface area contributed by atoms with E-state index >= 15 is 0 Å². The molecule has 0 aliphatic carbocycles. The van der Waals surface area contributed by atoms with Crippen LogP contribution >= 0.6 is 11.8 Å². The first-order valence-electron chi connectivity index (χ1n) is 7.63. The highest BCUT2D eigenvalue weighted by molar-refractivity contribution is 7.98. The Kier molecular flexibility index (Phi) is 6.11. The molecule has 0 N–H and O–H groups in total. The molecule has 2 aromatic carbocycles. The summed E-state index contributed by atoms with van der Waals surface area (Å²) in [5.41, 5.74) is 1.73. The average Bonchev–Trinajstić information content (AvgIpc) is 2.59. The Morgan fingerprint density at radius 1 is 1.17 bits per heavy atom. The van der Waals surface area contributed by atoms with E-state index < -0.39 is 0 Å². The summed E-state index contributed by atoms with van der Waals surface area (Å²) in [7, 11) is 1.60. The van der Waals surface area contributed by atoms with Gasteiger partial charge in [-0.3, -0.25) is 4.79 Å². The maximum atomic E-state index is 13.0. The molecule has 0 unspecified atom stereocenters. The SMILES string of the molecule is COc1cc(SC)ccc1C(=O)N(Cc1ccccc1)C(C)C. The fourth-order valence-electron chi connectivity index (χ4n) is 2.40. The van der Waals surface area contributed by atoms with Crippen LogP contribution in [0.4, 0.5) is 0 Å². The zero-order valence-electron chi connectivity index (χ0n) is 14.1. The monoisotopic (exact) mass is 329 g/mol. The van der Waals surface area contributed by atoms with Gasteiger partial charge < -0.3 is 9.64 Å². The van der Waals surface area contributed by atoms with E-state index in [0.717, 1.165) is 10.5 Å². The first kappa shape index (κ1) is 17.4. The Balaban J connectivity index is 2.31. The van der Waals surface area contributed by atoms with Crippen molar-refractivity contribution >= 4 is 17.7 Å². The van der Waals surface area contributed by atoms with Crippen LogP contribution in [0.25, 0.3) is 0 Å². The fourth-order valence-corrected chi connectivity index (χ4v) is 2.83. The molecule has 3 nitrogen and oxygen atoms in total. The van der Waals surface area contributed by atoms with Crippen molar-refractivity contribution in [3.63, 3.8) is 0 Å². The largest absolute Gasteiger partial charge is 0.496 e. The molecule has 0 saturated carbocycles. The molecule has 4 heteroatoms. The summed E-state index contributed by atoms with van der Waals surface area (Å²) in [6.45, 7) is 4.65. The van der Waals surface area contributed by atoms with Gasteiger partial charge in [-0.2, -0.15) is 0 Å². The zero-order valence-corrected chi connectivity index (χ0v) is 14.9. The molecule has 1 amide bonds. The molecule has 0 aliphatic rings. The van der Waals surface area contributed by atoms with Crippen LogP contribution in [0.1, 0.15) is 29.8 Å². The third kappa shape index (κ3) is 4.29. The molecule has 0 atom stereocenters. The first-order chi connectivity index (χ1) is 11.1. The molecule has 0 bridgehead atoms. The van der Waals surface area contributed by atoms with Gasteiger partial charge in [-0.15, -0.1) is 11.8 Å². The van der Waals surface area contributed by atoms with E-state index in [1.54, 1.807) is 18.9 Å². The molecule has 0 radical (unpaired) electrons. The van der Waals surface area contributed by atoms with Gasteiger partial charge in [-0.05, 0) is 43.9 Å². The summed E-state index contributed by atoms with van der Waals surface area (Å²) in [5, 5.41) is 0. The summed E-state index contributed by atoms with van der Waals surface area (Å²) >= 11 is 1.63. The lowest BCUT2D eigenvalue weighted by molar-refractivity contribution is 0.0687. The van der Waals surface area contributed by atoms with Crippen LogP contribution in [-0.4, -0.2) is 30.2 Å². The van der Waals surface area contributed by atoms with Crippen LogP contribution in [0, 0.1) is 0 Å². The van der Waals surface area contributed by atoms with Gasteiger partial charge in [-0.25, -0.2) is 0 Å². The second-order valence-corrected chi connectivity index (χ2v) is 6.46. The van der Waals surface area contributed by atoms with Gasteiger partial charge in [0.05, 0.1) is 12.7 Å². The van der Waals surface area contributed by atoms with E-state index in [2.05, 4.69) is 0 Å². The Morgan fingerprint density at radius 3 is 2.43 bits per heavy atom. The first-order valence-corrected chi connectivity index (χ1v) is 8.86. The van der Waals surface area contributed by atoms with Gasteiger partial charge in [0.15, 0.2) is 0 Å². The van der Waals surface area contributed by atoms with E-state index in [0.29, 0.717) is 17.9 Å². The molecular formula is C19H23NO2S. The minimum Gasteiger partial charge on any atom is -0.496 e. The lowest BCUT2D eigenvalue weighted by Crippen LogP contribution is -2.36. The van der Waals surface area contributed by atoms with Gasteiger partial charge in [0.2, 0.25) is 0 Å². The summed E-state index contributed by atoms with van der Waals surface area (Å²) in [5.74, 6) is 0.619. The van der Waals surface area contributed by atoms with Gasteiger partial charge in [0, 0.05) is 17.5 Å². The van der Waals surface area contributed by atoms with Crippen molar-refractivity contribution in [2.24, 2.45) is 0 Å². The third-order valence-electron chi connectivity index (χ3n) is 3.72. The summed E-state index contributed by atoms with van der Waals surface area (Å²) in [4.78, 5) is 16.0. The van der Waals surface area contributed by atoms with Gasteiger partial charge >= 0.3 is 0 Å². The van der Waals surface area contributed by atoms with Crippen molar-refractivity contribution < 1.29 is 9.53 Å². The van der Waals surface area contributed by atoms with Gasteiger partial charge in [0.1, 0.15) is 5.75 Å². The number of carbonyl (C=O) groups is 1. The predicted octanol–water partition coefficient (Wildman–Crippen LogP) is 4.47. The summed E-state index contributed by atoms with van der Waals surface area (Å²) in [6, 6.07) is 15.9. The number of methoxy groups -OCH3 is 1. The topological polar surface area (TPSA) is 29.5 Å². The Labute approximate surface area is 142 Å². The van der Waals surface area contributed by atoms with Crippen LogP contribution in [-0.2, 0) is 6.54 Å².